The van der Waals surface area contributed by atoms with E-state index in [-0.39, 0.29) is 18.0 Å². The molecule has 0 aromatic heterocycles. The van der Waals surface area contributed by atoms with Crippen LogP contribution in [0.4, 0.5) is 0 Å². The summed E-state index contributed by atoms with van der Waals surface area (Å²) < 4.78 is 0. The van der Waals surface area contributed by atoms with E-state index < -0.39 is 0 Å². The van der Waals surface area contributed by atoms with E-state index in [4.69, 9.17) is 6.42 Å². The summed E-state index contributed by atoms with van der Waals surface area (Å²) in [4.78, 5) is 11.6. The average molecular weight is 212 g/mol. The minimum Gasteiger partial charge on any atom is -0.351 e. The van der Waals surface area contributed by atoms with Gasteiger partial charge in [-0.25, -0.2) is 0 Å². The zero-order valence-corrected chi connectivity index (χ0v) is 9.19. The first-order valence-electron chi connectivity index (χ1n) is 4.83. The van der Waals surface area contributed by atoms with Crippen LogP contribution in [0, 0.1) is 12.3 Å². The number of hydrogen-bond acceptors (Lipinski definition) is 3. The Balaban J connectivity index is 2.34. The van der Waals surface area contributed by atoms with Crippen LogP contribution >= 0.6 is 11.8 Å². The summed E-state index contributed by atoms with van der Waals surface area (Å²) in [6, 6.07) is 0.0896. The minimum atomic E-state index is -0.0353. The van der Waals surface area contributed by atoms with E-state index in [2.05, 4.69) is 16.6 Å². The predicted octanol–water partition coefficient (Wildman–Crippen LogP) is 0.567. The molecule has 0 aromatic rings. The van der Waals surface area contributed by atoms with Crippen LogP contribution in [0.15, 0.2) is 0 Å². The van der Waals surface area contributed by atoms with Gasteiger partial charge in [0.05, 0.1) is 6.04 Å². The van der Waals surface area contributed by atoms with Crippen LogP contribution in [0.1, 0.15) is 19.8 Å². The third kappa shape index (κ3) is 3.24. The van der Waals surface area contributed by atoms with Gasteiger partial charge in [0.15, 0.2) is 0 Å². The first-order chi connectivity index (χ1) is 6.77. The van der Waals surface area contributed by atoms with Crippen molar-refractivity contribution in [3.8, 4) is 12.3 Å². The van der Waals surface area contributed by atoms with Gasteiger partial charge in [-0.15, -0.1) is 24.1 Å². The molecule has 2 unspecified atom stereocenters. The molecule has 1 aliphatic rings. The summed E-state index contributed by atoms with van der Waals surface area (Å²) >= 11 is 1.75. The Kier molecular flexibility index (Phi) is 4.85. The number of thioether (sulfide) groups is 1. The number of rotatable bonds is 4. The van der Waals surface area contributed by atoms with Crippen LogP contribution in [0.2, 0.25) is 0 Å². The van der Waals surface area contributed by atoms with E-state index in [1.54, 1.807) is 11.8 Å². The Labute approximate surface area is 89.4 Å². The molecule has 0 spiro atoms. The van der Waals surface area contributed by atoms with Crippen molar-refractivity contribution in [3.05, 3.63) is 0 Å². The van der Waals surface area contributed by atoms with Gasteiger partial charge in [-0.2, -0.15) is 0 Å². The fraction of sp³-hybridized carbons (Fsp3) is 0.700. The maximum atomic E-state index is 11.6. The highest BCUT2D eigenvalue weighted by Gasteiger charge is 2.23. The predicted molar refractivity (Wildman–Crippen MR) is 59.9 cm³/mol. The molecule has 0 radical (unpaired) electrons. The lowest BCUT2D eigenvalue weighted by atomic mass is 10.1. The molecule has 1 aliphatic heterocycles. The number of hydrogen-bond donors (Lipinski definition) is 2. The quantitative estimate of drug-likeness (QED) is 0.669. The smallest absolute Gasteiger partial charge is 0.238 e. The first kappa shape index (κ1) is 11.4. The van der Waals surface area contributed by atoms with Gasteiger partial charge in [-0.05, 0) is 6.42 Å². The molecule has 0 bridgehead atoms. The summed E-state index contributed by atoms with van der Waals surface area (Å²) in [5.74, 6) is 4.38. The maximum absolute atomic E-state index is 11.6. The van der Waals surface area contributed by atoms with E-state index >= 15 is 0 Å². The Bertz CT molecular complexity index is 231. The molecule has 1 heterocycles. The molecule has 1 saturated heterocycles. The van der Waals surface area contributed by atoms with Gasteiger partial charge in [0.2, 0.25) is 5.91 Å². The lowest BCUT2D eigenvalue weighted by Crippen LogP contribution is -2.46. The number of carbonyl (C=O) groups is 1. The zero-order chi connectivity index (χ0) is 10.4. The third-order valence-corrected chi connectivity index (χ3v) is 3.18. The molecule has 3 nitrogen and oxygen atoms in total. The lowest BCUT2D eigenvalue weighted by molar-refractivity contribution is -0.123. The second-order valence-electron chi connectivity index (χ2n) is 3.29. The molecule has 0 saturated carbocycles. The number of amides is 1. The van der Waals surface area contributed by atoms with E-state index in [9.17, 15) is 4.79 Å². The SMILES string of the molecule is C#CCC(CC)NC(=O)C1CSCN1. The zero-order valence-electron chi connectivity index (χ0n) is 8.38. The fourth-order valence-corrected chi connectivity index (χ4v) is 2.25. The molecule has 1 amide bonds. The molecule has 0 aromatic carbocycles. The summed E-state index contributed by atoms with van der Waals surface area (Å²) in [7, 11) is 0. The highest BCUT2D eigenvalue weighted by molar-refractivity contribution is 7.99. The van der Waals surface area contributed by atoms with Crippen molar-refractivity contribution in [1.82, 2.24) is 10.6 Å². The van der Waals surface area contributed by atoms with E-state index in [0.29, 0.717) is 6.42 Å². The van der Waals surface area contributed by atoms with Crippen molar-refractivity contribution in [2.75, 3.05) is 11.6 Å². The van der Waals surface area contributed by atoms with E-state index in [1.807, 2.05) is 6.92 Å². The Morgan fingerprint density at radius 1 is 1.86 bits per heavy atom. The Morgan fingerprint density at radius 2 is 2.64 bits per heavy atom. The van der Waals surface area contributed by atoms with E-state index in [0.717, 1.165) is 18.1 Å². The summed E-state index contributed by atoms with van der Waals surface area (Å²) in [6.45, 7) is 2.03. The summed E-state index contributed by atoms with van der Waals surface area (Å²) in [5.41, 5.74) is 0. The third-order valence-electron chi connectivity index (χ3n) is 2.24. The maximum Gasteiger partial charge on any atom is 0.238 e. The van der Waals surface area contributed by atoms with Crippen LogP contribution in [0.3, 0.4) is 0 Å². The van der Waals surface area contributed by atoms with Crippen LogP contribution < -0.4 is 10.6 Å². The van der Waals surface area contributed by atoms with Gasteiger partial charge < -0.3 is 5.32 Å². The summed E-state index contributed by atoms with van der Waals surface area (Å²) in [5, 5.41) is 6.08. The van der Waals surface area contributed by atoms with Crippen molar-refractivity contribution >= 4 is 17.7 Å². The van der Waals surface area contributed by atoms with Gasteiger partial charge >= 0.3 is 0 Å². The Morgan fingerprint density at radius 3 is 3.14 bits per heavy atom. The molecule has 78 valence electrons. The molecule has 1 rings (SSSR count). The van der Waals surface area contributed by atoms with Gasteiger partial charge in [0.1, 0.15) is 0 Å². The molecular weight excluding hydrogens is 196 g/mol. The van der Waals surface area contributed by atoms with Gasteiger partial charge in [-0.3, -0.25) is 10.1 Å². The van der Waals surface area contributed by atoms with Crippen molar-refractivity contribution in [1.29, 1.82) is 0 Å². The van der Waals surface area contributed by atoms with Crippen LogP contribution in [-0.2, 0) is 4.79 Å². The second-order valence-corrected chi connectivity index (χ2v) is 4.32. The van der Waals surface area contributed by atoms with Crippen LogP contribution in [0.25, 0.3) is 0 Å². The molecule has 2 N–H and O–H groups in total. The molecule has 14 heavy (non-hydrogen) atoms. The van der Waals surface area contributed by atoms with Gasteiger partial charge in [-0.1, -0.05) is 6.92 Å². The highest BCUT2D eigenvalue weighted by Crippen LogP contribution is 2.10. The first-order valence-corrected chi connectivity index (χ1v) is 5.98. The molecule has 1 fully saturated rings. The van der Waals surface area contributed by atoms with Gasteiger partial charge in [0, 0.05) is 24.1 Å². The normalized spacial score (nSPS) is 22.7. The fourth-order valence-electron chi connectivity index (χ4n) is 1.31. The lowest BCUT2D eigenvalue weighted by Gasteiger charge is -2.17. The average Bonchev–Trinajstić information content (AvgIpc) is 2.69. The molecule has 0 aliphatic carbocycles. The Hall–Kier alpha value is -0.660. The van der Waals surface area contributed by atoms with Crippen molar-refractivity contribution in [2.24, 2.45) is 0 Å². The van der Waals surface area contributed by atoms with Crippen LogP contribution in [0.5, 0.6) is 0 Å². The summed E-state index contributed by atoms with van der Waals surface area (Å²) in [6.07, 6.45) is 6.71. The molecule has 4 heteroatoms. The molecule has 2 atom stereocenters. The standard InChI is InChI=1S/C10H16N2OS/c1-3-5-8(4-2)12-10(13)9-6-14-7-11-9/h1,8-9,11H,4-7H2,2H3,(H,12,13). The number of carbonyl (C=O) groups excluding carboxylic acids is 1. The highest BCUT2D eigenvalue weighted by atomic mass is 32.2. The minimum absolute atomic E-state index is 0.0353. The monoisotopic (exact) mass is 212 g/mol. The number of terminal acetylenes is 1. The van der Waals surface area contributed by atoms with Crippen molar-refractivity contribution in [3.63, 3.8) is 0 Å². The van der Waals surface area contributed by atoms with Crippen molar-refractivity contribution < 1.29 is 4.79 Å². The molecular formula is C10H16N2OS. The van der Waals surface area contributed by atoms with Crippen molar-refractivity contribution in [2.45, 2.75) is 31.8 Å². The van der Waals surface area contributed by atoms with Crippen LogP contribution in [-0.4, -0.2) is 29.6 Å². The van der Waals surface area contributed by atoms with E-state index in [1.165, 1.54) is 0 Å². The largest absolute Gasteiger partial charge is 0.351 e. The topological polar surface area (TPSA) is 41.1 Å². The second kappa shape index (κ2) is 5.94. The number of nitrogens with one attached hydrogen (secondary N) is 2. The van der Waals surface area contributed by atoms with Gasteiger partial charge in [0.25, 0.3) is 0 Å².